The van der Waals surface area contributed by atoms with Gasteiger partial charge in [-0.2, -0.15) is 0 Å². The molecule has 0 aromatic rings. The van der Waals surface area contributed by atoms with Crippen LogP contribution in [0.4, 0.5) is 0 Å². The molecule has 11 heavy (non-hydrogen) atoms. The predicted octanol–water partition coefficient (Wildman–Crippen LogP) is 3.72. The largest absolute Gasteiger partial charge is 0.0991 e. The van der Waals surface area contributed by atoms with Crippen LogP contribution in [-0.4, -0.2) is 0 Å². The van der Waals surface area contributed by atoms with Gasteiger partial charge in [0.2, 0.25) is 0 Å². The lowest BCUT2D eigenvalue weighted by Crippen LogP contribution is -1.98. The van der Waals surface area contributed by atoms with E-state index in [0.29, 0.717) is 0 Å². The molecular formula is C11H18. The number of rotatable bonds is 2. The molecule has 0 fully saturated rings. The number of hydrogen-bond donors (Lipinski definition) is 0. The van der Waals surface area contributed by atoms with Crippen molar-refractivity contribution in [2.45, 2.75) is 27.7 Å². The number of allylic oxidation sites excluding steroid dienone is 5. The molecule has 0 bridgehead atoms. The Labute approximate surface area is 70.3 Å². The van der Waals surface area contributed by atoms with Crippen LogP contribution in [-0.2, 0) is 0 Å². The minimum absolute atomic E-state index is 0.274. The normalized spacial score (nSPS) is 14.0. The third kappa shape index (κ3) is 7.11. The molecule has 0 saturated heterocycles. The average Bonchev–Trinajstić information content (AvgIpc) is 1.83. The molecule has 0 unspecified atom stereocenters. The Bertz CT molecular complexity index is 175. The molecule has 0 aliphatic heterocycles. The van der Waals surface area contributed by atoms with Crippen molar-refractivity contribution in [3.05, 3.63) is 36.5 Å². The Morgan fingerprint density at radius 3 is 2.18 bits per heavy atom. The fraction of sp³-hybridized carbons (Fsp3) is 0.455. The van der Waals surface area contributed by atoms with Crippen molar-refractivity contribution in [1.29, 1.82) is 0 Å². The van der Waals surface area contributed by atoms with Crippen molar-refractivity contribution in [3.8, 4) is 0 Å². The highest BCUT2D eigenvalue weighted by Crippen LogP contribution is 2.15. The van der Waals surface area contributed by atoms with E-state index in [-0.39, 0.29) is 5.41 Å². The molecule has 0 nitrogen and oxygen atoms in total. The molecule has 0 rings (SSSR count). The first kappa shape index (κ1) is 10.2. The van der Waals surface area contributed by atoms with E-state index in [2.05, 4.69) is 46.4 Å². The second kappa shape index (κ2) is 4.17. The van der Waals surface area contributed by atoms with Gasteiger partial charge in [0.15, 0.2) is 0 Å². The van der Waals surface area contributed by atoms with Crippen LogP contribution >= 0.6 is 0 Å². The molecule has 62 valence electrons. The molecule has 0 aliphatic rings. The molecule has 0 N–H and O–H groups in total. The summed E-state index contributed by atoms with van der Waals surface area (Å²) in [5, 5.41) is 0. The highest BCUT2D eigenvalue weighted by molar-refractivity contribution is 5.21. The molecule has 0 heterocycles. The molecule has 0 aromatic carbocycles. The summed E-state index contributed by atoms with van der Waals surface area (Å²) in [6.45, 7) is 12.3. The van der Waals surface area contributed by atoms with Crippen LogP contribution in [0.25, 0.3) is 0 Å². The minimum atomic E-state index is 0.274. The van der Waals surface area contributed by atoms with Crippen molar-refractivity contribution >= 4 is 0 Å². The maximum absolute atomic E-state index is 3.63. The van der Waals surface area contributed by atoms with Gasteiger partial charge in [0.1, 0.15) is 0 Å². The monoisotopic (exact) mass is 150 g/mol. The SMILES string of the molecule is C=CC=C(C)C=CC(C)(C)C. The Balaban J connectivity index is 4.14. The minimum Gasteiger partial charge on any atom is -0.0991 e. The molecular weight excluding hydrogens is 132 g/mol. The van der Waals surface area contributed by atoms with Gasteiger partial charge in [0.05, 0.1) is 0 Å². The summed E-state index contributed by atoms with van der Waals surface area (Å²) in [5.41, 5.74) is 1.52. The van der Waals surface area contributed by atoms with Gasteiger partial charge in [-0.05, 0) is 12.3 Å². The summed E-state index contributed by atoms with van der Waals surface area (Å²) in [5.74, 6) is 0. The molecule has 0 radical (unpaired) electrons. The van der Waals surface area contributed by atoms with Crippen LogP contribution in [0.1, 0.15) is 27.7 Å². The van der Waals surface area contributed by atoms with Gasteiger partial charge >= 0.3 is 0 Å². The first-order chi connectivity index (χ1) is 4.95. The molecule has 0 saturated carbocycles. The smallest absolute Gasteiger partial charge is 0.0200 e. The lowest BCUT2D eigenvalue weighted by molar-refractivity contribution is 0.544. The van der Waals surface area contributed by atoms with Gasteiger partial charge in [0, 0.05) is 0 Å². The maximum atomic E-state index is 3.63. The number of hydrogen-bond acceptors (Lipinski definition) is 0. The maximum Gasteiger partial charge on any atom is -0.0200 e. The summed E-state index contributed by atoms with van der Waals surface area (Å²) in [4.78, 5) is 0. The van der Waals surface area contributed by atoms with Gasteiger partial charge in [0.25, 0.3) is 0 Å². The van der Waals surface area contributed by atoms with E-state index in [4.69, 9.17) is 0 Å². The van der Waals surface area contributed by atoms with Crippen LogP contribution in [0.15, 0.2) is 36.5 Å². The topological polar surface area (TPSA) is 0 Å². The summed E-state index contributed by atoms with van der Waals surface area (Å²) >= 11 is 0. The summed E-state index contributed by atoms with van der Waals surface area (Å²) in [6, 6.07) is 0. The zero-order valence-electron chi connectivity index (χ0n) is 8.02. The standard InChI is InChI=1S/C11H18/c1-6-7-10(2)8-9-11(3,4)5/h6-9H,1H2,2-5H3. The average molecular weight is 150 g/mol. The van der Waals surface area contributed by atoms with Crippen molar-refractivity contribution in [3.63, 3.8) is 0 Å². The van der Waals surface area contributed by atoms with Crippen LogP contribution < -0.4 is 0 Å². The predicted molar refractivity (Wildman–Crippen MR) is 52.5 cm³/mol. The Morgan fingerprint density at radius 2 is 1.82 bits per heavy atom. The van der Waals surface area contributed by atoms with Crippen molar-refractivity contribution in [2.75, 3.05) is 0 Å². The first-order valence-electron chi connectivity index (χ1n) is 3.94. The second-order valence-corrected chi connectivity index (χ2v) is 3.85. The van der Waals surface area contributed by atoms with E-state index in [9.17, 15) is 0 Å². The second-order valence-electron chi connectivity index (χ2n) is 3.85. The Morgan fingerprint density at radius 1 is 1.27 bits per heavy atom. The quantitative estimate of drug-likeness (QED) is 0.526. The summed E-state index contributed by atoms with van der Waals surface area (Å²) in [7, 11) is 0. The zero-order chi connectivity index (χ0) is 8.91. The van der Waals surface area contributed by atoms with Crippen LogP contribution in [0, 0.1) is 5.41 Å². The van der Waals surface area contributed by atoms with Gasteiger partial charge in [-0.25, -0.2) is 0 Å². The van der Waals surface area contributed by atoms with E-state index in [1.165, 1.54) is 5.57 Å². The highest BCUT2D eigenvalue weighted by atomic mass is 14.1. The van der Waals surface area contributed by atoms with Crippen LogP contribution in [0.2, 0.25) is 0 Å². The Kier molecular flexibility index (Phi) is 3.88. The van der Waals surface area contributed by atoms with E-state index < -0.39 is 0 Å². The lowest BCUT2D eigenvalue weighted by Gasteiger charge is -2.10. The molecule has 0 atom stereocenters. The third-order valence-corrected chi connectivity index (χ3v) is 1.23. The molecule has 0 aliphatic carbocycles. The van der Waals surface area contributed by atoms with E-state index >= 15 is 0 Å². The van der Waals surface area contributed by atoms with Crippen molar-refractivity contribution in [2.24, 2.45) is 5.41 Å². The Hall–Kier alpha value is -0.780. The van der Waals surface area contributed by atoms with Crippen LogP contribution in [0.5, 0.6) is 0 Å². The van der Waals surface area contributed by atoms with Crippen molar-refractivity contribution < 1.29 is 0 Å². The molecule has 0 spiro atoms. The highest BCUT2D eigenvalue weighted by Gasteiger charge is 2.02. The first-order valence-corrected chi connectivity index (χ1v) is 3.94. The summed E-state index contributed by atoms with van der Waals surface area (Å²) in [6.07, 6.45) is 8.13. The molecule has 0 heteroatoms. The summed E-state index contributed by atoms with van der Waals surface area (Å²) < 4.78 is 0. The van der Waals surface area contributed by atoms with Crippen molar-refractivity contribution in [1.82, 2.24) is 0 Å². The zero-order valence-corrected chi connectivity index (χ0v) is 8.02. The third-order valence-electron chi connectivity index (χ3n) is 1.23. The van der Waals surface area contributed by atoms with Gasteiger partial charge in [-0.1, -0.05) is 57.2 Å². The van der Waals surface area contributed by atoms with Gasteiger partial charge < -0.3 is 0 Å². The van der Waals surface area contributed by atoms with Crippen LogP contribution in [0.3, 0.4) is 0 Å². The van der Waals surface area contributed by atoms with E-state index in [1.54, 1.807) is 0 Å². The fourth-order valence-electron chi connectivity index (χ4n) is 0.623. The van der Waals surface area contributed by atoms with E-state index in [0.717, 1.165) is 0 Å². The molecule has 0 amide bonds. The lowest BCUT2D eigenvalue weighted by atomic mass is 9.95. The fourth-order valence-corrected chi connectivity index (χ4v) is 0.623. The molecule has 0 aromatic heterocycles. The van der Waals surface area contributed by atoms with Gasteiger partial charge in [-0.15, -0.1) is 0 Å². The van der Waals surface area contributed by atoms with E-state index in [1.807, 2.05) is 12.2 Å². The van der Waals surface area contributed by atoms with Gasteiger partial charge in [-0.3, -0.25) is 0 Å².